The molecule has 0 bridgehead atoms. The Morgan fingerprint density at radius 3 is 2.45 bits per heavy atom. The van der Waals surface area contributed by atoms with Crippen molar-refractivity contribution in [3.63, 3.8) is 0 Å². The molecule has 0 aromatic rings. The van der Waals surface area contributed by atoms with Gasteiger partial charge < -0.3 is 0 Å². The molecule has 0 heteroatoms. The van der Waals surface area contributed by atoms with Gasteiger partial charge in [-0.2, -0.15) is 0 Å². The molecular weight excluding hydrogens is 264 g/mol. The first-order chi connectivity index (χ1) is 10.4. The zero-order valence-electron chi connectivity index (χ0n) is 16.0. The van der Waals surface area contributed by atoms with Crippen molar-refractivity contribution in [3.05, 3.63) is 12.2 Å². The zero-order chi connectivity index (χ0) is 16.2. The topological polar surface area (TPSA) is 0 Å². The van der Waals surface area contributed by atoms with Crippen molar-refractivity contribution >= 4 is 0 Å². The van der Waals surface area contributed by atoms with Gasteiger partial charge in [-0.3, -0.25) is 0 Å². The average molecular weight is 305 g/mol. The highest BCUT2D eigenvalue weighted by Crippen LogP contribution is 2.55. The molecule has 22 heavy (non-hydrogen) atoms. The quantitative estimate of drug-likeness (QED) is 0.349. The van der Waals surface area contributed by atoms with Crippen molar-refractivity contribution in [2.75, 3.05) is 0 Å². The summed E-state index contributed by atoms with van der Waals surface area (Å²) < 4.78 is 0. The van der Waals surface area contributed by atoms with E-state index in [1.807, 2.05) is 0 Å². The van der Waals surface area contributed by atoms with E-state index in [0.717, 1.165) is 17.8 Å². The highest BCUT2D eigenvalue weighted by molar-refractivity contribution is 4.95. The normalized spacial score (nSPS) is 30.2. The molecule has 2 saturated carbocycles. The molecule has 2 aliphatic carbocycles. The van der Waals surface area contributed by atoms with Crippen LogP contribution in [0.2, 0.25) is 0 Å². The molecule has 2 fully saturated rings. The van der Waals surface area contributed by atoms with Gasteiger partial charge >= 0.3 is 0 Å². The van der Waals surface area contributed by atoms with Crippen molar-refractivity contribution in [2.24, 2.45) is 28.6 Å². The second-order valence-electron chi connectivity index (χ2n) is 9.41. The molecule has 128 valence electrons. The molecule has 0 heterocycles. The molecule has 0 nitrogen and oxygen atoms in total. The highest BCUT2D eigenvalue weighted by Gasteiger charge is 2.42. The van der Waals surface area contributed by atoms with Gasteiger partial charge in [0.2, 0.25) is 0 Å². The second-order valence-corrected chi connectivity index (χ2v) is 9.41. The van der Waals surface area contributed by atoms with Crippen molar-refractivity contribution in [3.8, 4) is 0 Å². The monoisotopic (exact) mass is 304 g/mol. The van der Waals surface area contributed by atoms with Crippen LogP contribution in [0.25, 0.3) is 0 Å². The lowest BCUT2D eigenvalue weighted by molar-refractivity contribution is 0.175. The Bertz CT molecular complexity index is 362. The summed E-state index contributed by atoms with van der Waals surface area (Å²) in [6, 6.07) is 0. The summed E-state index contributed by atoms with van der Waals surface area (Å²) in [4.78, 5) is 0. The van der Waals surface area contributed by atoms with E-state index in [2.05, 4.69) is 46.8 Å². The van der Waals surface area contributed by atoms with Gasteiger partial charge in [-0.15, -0.1) is 0 Å². The highest BCUT2D eigenvalue weighted by atomic mass is 14.5. The van der Waals surface area contributed by atoms with Crippen molar-refractivity contribution < 1.29 is 0 Å². The summed E-state index contributed by atoms with van der Waals surface area (Å²) in [7, 11) is 0. The van der Waals surface area contributed by atoms with Crippen LogP contribution >= 0.6 is 0 Å². The summed E-state index contributed by atoms with van der Waals surface area (Å²) in [6.45, 7) is 12.3. The molecule has 0 aliphatic heterocycles. The molecule has 0 aromatic carbocycles. The lowest BCUT2D eigenvalue weighted by Crippen LogP contribution is -2.22. The van der Waals surface area contributed by atoms with Gasteiger partial charge in [-0.1, -0.05) is 59.6 Å². The number of hydrogen-bond acceptors (Lipinski definition) is 0. The van der Waals surface area contributed by atoms with E-state index >= 15 is 0 Å². The Labute approximate surface area is 140 Å². The van der Waals surface area contributed by atoms with Crippen LogP contribution in [0.4, 0.5) is 0 Å². The van der Waals surface area contributed by atoms with E-state index in [9.17, 15) is 0 Å². The molecule has 0 saturated heterocycles. The Hall–Kier alpha value is -0.260. The SMILES string of the molecule is CCC1CC1CC=CCCC(C)CC(C)(CC)CC1(C)CC1. The molecule has 2 rings (SSSR count). The Kier molecular flexibility index (Phi) is 6.20. The lowest BCUT2D eigenvalue weighted by Gasteiger charge is -2.34. The van der Waals surface area contributed by atoms with Crippen LogP contribution in [-0.2, 0) is 0 Å². The third kappa shape index (κ3) is 5.74. The minimum atomic E-state index is 0.580. The van der Waals surface area contributed by atoms with Crippen LogP contribution < -0.4 is 0 Å². The molecule has 0 N–H and O–H groups in total. The fraction of sp³-hybridized carbons (Fsp3) is 0.909. The molecular formula is C22H40. The first kappa shape index (κ1) is 18.1. The van der Waals surface area contributed by atoms with Crippen LogP contribution in [0.3, 0.4) is 0 Å². The van der Waals surface area contributed by atoms with E-state index in [1.54, 1.807) is 0 Å². The van der Waals surface area contributed by atoms with Gasteiger partial charge in [0.15, 0.2) is 0 Å². The van der Waals surface area contributed by atoms with E-state index in [-0.39, 0.29) is 0 Å². The van der Waals surface area contributed by atoms with Gasteiger partial charge in [0.25, 0.3) is 0 Å². The van der Waals surface area contributed by atoms with Crippen LogP contribution in [0.5, 0.6) is 0 Å². The Morgan fingerprint density at radius 1 is 1.18 bits per heavy atom. The first-order valence-electron chi connectivity index (χ1n) is 10.0. The summed E-state index contributed by atoms with van der Waals surface area (Å²) in [6.07, 6.45) is 19.0. The molecule has 4 atom stereocenters. The Morgan fingerprint density at radius 2 is 1.91 bits per heavy atom. The zero-order valence-corrected chi connectivity index (χ0v) is 16.0. The predicted octanol–water partition coefficient (Wildman–Crippen LogP) is 7.39. The summed E-state index contributed by atoms with van der Waals surface area (Å²) >= 11 is 0. The summed E-state index contributed by atoms with van der Waals surface area (Å²) in [5, 5.41) is 0. The van der Waals surface area contributed by atoms with E-state index in [4.69, 9.17) is 0 Å². The van der Waals surface area contributed by atoms with Gasteiger partial charge in [-0.05, 0) is 80.0 Å². The van der Waals surface area contributed by atoms with E-state index in [1.165, 1.54) is 64.2 Å². The number of rotatable bonds is 11. The van der Waals surface area contributed by atoms with Gasteiger partial charge in [0.1, 0.15) is 0 Å². The second kappa shape index (κ2) is 7.54. The van der Waals surface area contributed by atoms with Crippen LogP contribution in [0.15, 0.2) is 12.2 Å². The maximum atomic E-state index is 2.54. The first-order valence-corrected chi connectivity index (χ1v) is 10.0. The summed E-state index contributed by atoms with van der Waals surface area (Å²) in [5.74, 6) is 2.96. The maximum absolute atomic E-state index is 2.54. The third-order valence-corrected chi connectivity index (χ3v) is 6.68. The smallest absolute Gasteiger partial charge is 0.0319 e. The van der Waals surface area contributed by atoms with Crippen molar-refractivity contribution in [1.82, 2.24) is 0 Å². The molecule has 0 spiro atoms. The van der Waals surface area contributed by atoms with Crippen LogP contribution in [0.1, 0.15) is 98.8 Å². The van der Waals surface area contributed by atoms with Crippen LogP contribution in [-0.4, -0.2) is 0 Å². The van der Waals surface area contributed by atoms with Crippen molar-refractivity contribution in [1.29, 1.82) is 0 Å². The number of allylic oxidation sites excluding steroid dienone is 2. The molecule has 0 radical (unpaired) electrons. The van der Waals surface area contributed by atoms with E-state index < -0.39 is 0 Å². The molecule has 2 aliphatic rings. The minimum Gasteiger partial charge on any atom is -0.0885 e. The Balaban J connectivity index is 1.61. The fourth-order valence-electron chi connectivity index (χ4n) is 4.57. The van der Waals surface area contributed by atoms with Gasteiger partial charge in [0.05, 0.1) is 0 Å². The largest absolute Gasteiger partial charge is 0.0885 e. The summed E-state index contributed by atoms with van der Waals surface area (Å²) in [5.41, 5.74) is 1.28. The fourth-order valence-corrected chi connectivity index (χ4v) is 4.57. The van der Waals surface area contributed by atoms with Crippen molar-refractivity contribution in [2.45, 2.75) is 98.8 Å². The predicted molar refractivity (Wildman–Crippen MR) is 99.0 cm³/mol. The van der Waals surface area contributed by atoms with Gasteiger partial charge in [0, 0.05) is 0 Å². The molecule has 0 aromatic heterocycles. The van der Waals surface area contributed by atoms with E-state index in [0.29, 0.717) is 10.8 Å². The standard InChI is InChI=1S/C22H40/c1-6-19-15-20(19)12-10-8-9-11-18(3)16-21(4,7-2)17-22(5)13-14-22/h8,10,18-20H,6-7,9,11-17H2,1-5H3. The third-order valence-electron chi connectivity index (χ3n) is 6.68. The van der Waals surface area contributed by atoms with Gasteiger partial charge in [-0.25, -0.2) is 0 Å². The maximum Gasteiger partial charge on any atom is -0.0319 e. The van der Waals surface area contributed by atoms with Crippen LogP contribution in [0, 0.1) is 28.6 Å². The average Bonchev–Trinajstić information content (AvgIpc) is 3.37. The lowest BCUT2D eigenvalue weighted by atomic mass is 9.72. The molecule has 0 amide bonds. The number of hydrogen-bond donors (Lipinski definition) is 0. The molecule has 4 unspecified atom stereocenters. The minimum absolute atomic E-state index is 0.580.